The van der Waals surface area contributed by atoms with Crippen LogP contribution in [0, 0.1) is 6.92 Å². The number of thioether (sulfide) groups is 1. The smallest absolute Gasteiger partial charge is 0.237 e. The summed E-state index contributed by atoms with van der Waals surface area (Å²) in [5.74, 6) is 1.06. The van der Waals surface area contributed by atoms with E-state index in [9.17, 15) is 4.79 Å². The van der Waals surface area contributed by atoms with Crippen molar-refractivity contribution in [3.63, 3.8) is 0 Å². The summed E-state index contributed by atoms with van der Waals surface area (Å²) in [4.78, 5) is 14.0. The van der Waals surface area contributed by atoms with Crippen LogP contribution in [0.25, 0.3) is 5.82 Å². The minimum Gasteiger partial charge on any atom is -0.315 e. The first kappa shape index (κ1) is 17.7. The van der Waals surface area contributed by atoms with Gasteiger partial charge in [-0.25, -0.2) is 4.68 Å². The van der Waals surface area contributed by atoms with Gasteiger partial charge in [0.25, 0.3) is 0 Å². The Hall–Kier alpha value is -2.67. The zero-order chi connectivity index (χ0) is 18.8. The lowest BCUT2D eigenvalue weighted by molar-refractivity contribution is -0.115. The zero-order valence-corrected chi connectivity index (χ0v) is 16.2. The largest absolute Gasteiger partial charge is 0.315 e. The molecular formula is C20H21N5OS. The first-order chi connectivity index (χ1) is 13.1. The minimum atomic E-state index is 0.0245. The van der Waals surface area contributed by atoms with Crippen molar-refractivity contribution in [1.82, 2.24) is 20.0 Å². The SMILES string of the molecule is Cc1c2c(nn1-c1ccc(SCC(=O)N(C)c3ccccc3)nn1)CCC2. The van der Waals surface area contributed by atoms with Crippen molar-refractivity contribution in [2.24, 2.45) is 0 Å². The van der Waals surface area contributed by atoms with Gasteiger partial charge in [-0.05, 0) is 56.0 Å². The fourth-order valence-corrected chi connectivity index (χ4v) is 4.03. The van der Waals surface area contributed by atoms with E-state index in [4.69, 9.17) is 0 Å². The fourth-order valence-electron chi connectivity index (χ4n) is 3.31. The van der Waals surface area contributed by atoms with E-state index in [0.29, 0.717) is 5.75 Å². The van der Waals surface area contributed by atoms with Gasteiger partial charge in [-0.15, -0.1) is 10.2 Å². The Kier molecular flexibility index (Phi) is 4.94. The molecule has 0 saturated heterocycles. The third kappa shape index (κ3) is 3.60. The van der Waals surface area contributed by atoms with Gasteiger partial charge in [0.1, 0.15) is 5.03 Å². The molecule has 0 radical (unpaired) electrons. The van der Waals surface area contributed by atoms with Crippen LogP contribution in [-0.4, -0.2) is 38.7 Å². The lowest BCUT2D eigenvalue weighted by Crippen LogP contribution is -2.27. The molecule has 1 aromatic carbocycles. The van der Waals surface area contributed by atoms with Crippen LogP contribution >= 0.6 is 11.8 Å². The number of amides is 1. The number of carbonyl (C=O) groups is 1. The summed E-state index contributed by atoms with van der Waals surface area (Å²) in [5, 5.41) is 14.0. The molecule has 7 heteroatoms. The first-order valence-corrected chi connectivity index (χ1v) is 9.98. The highest BCUT2D eigenvalue weighted by Crippen LogP contribution is 2.26. The summed E-state index contributed by atoms with van der Waals surface area (Å²) in [6, 6.07) is 13.4. The van der Waals surface area contributed by atoms with E-state index < -0.39 is 0 Å². The molecule has 2 aromatic heterocycles. The molecule has 0 N–H and O–H groups in total. The van der Waals surface area contributed by atoms with Gasteiger partial charge >= 0.3 is 0 Å². The molecule has 27 heavy (non-hydrogen) atoms. The number of benzene rings is 1. The molecule has 138 valence electrons. The summed E-state index contributed by atoms with van der Waals surface area (Å²) in [5.41, 5.74) is 4.57. The Balaban J connectivity index is 1.40. The van der Waals surface area contributed by atoms with Gasteiger partial charge in [0.15, 0.2) is 5.82 Å². The van der Waals surface area contributed by atoms with E-state index in [0.717, 1.165) is 35.1 Å². The second-order valence-electron chi connectivity index (χ2n) is 6.58. The van der Waals surface area contributed by atoms with E-state index in [1.54, 1.807) is 11.9 Å². The molecular weight excluding hydrogens is 358 g/mol. The summed E-state index contributed by atoms with van der Waals surface area (Å²) < 4.78 is 1.87. The topological polar surface area (TPSA) is 63.9 Å². The average molecular weight is 379 g/mol. The van der Waals surface area contributed by atoms with Crippen molar-refractivity contribution < 1.29 is 4.79 Å². The first-order valence-electron chi connectivity index (χ1n) is 8.99. The number of aromatic nitrogens is 4. The van der Waals surface area contributed by atoms with Crippen LogP contribution in [0.2, 0.25) is 0 Å². The van der Waals surface area contributed by atoms with Crippen molar-refractivity contribution in [1.29, 1.82) is 0 Å². The number of nitrogens with zero attached hydrogens (tertiary/aromatic N) is 5. The lowest BCUT2D eigenvalue weighted by Gasteiger charge is -2.16. The molecule has 0 aliphatic heterocycles. The summed E-state index contributed by atoms with van der Waals surface area (Å²) in [7, 11) is 1.78. The predicted molar refractivity (Wildman–Crippen MR) is 106 cm³/mol. The lowest BCUT2D eigenvalue weighted by atomic mass is 10.2. The third-order valence-corrected chi connectivity index (χ3v) is 5.77. The number of carbonyl (C=O) groups excluding carboxylic acids is 1. The molecule has 0 unspecified atom stereocenters. The highest BCUT2D eigenvalue weighted by molar-refractivity contribution is 7.99. The van der Waals surface area contributed by atoms with Gasteiger partial charge < -0.3 is 4.90 Å². The van der Waals surface area contributed by atoms with Gasteiger partial charge in [0, 0.05) is 18.4 Å². The number of anilines is 1. The van der Waals surface area contributed by atoms with Crippen molar-refractivity contribution >= 4 is 23.4 Å². The molecule has 2 heterocycles. The van der Waals surface area contributed by atoms with Crippen LogP contribution in [0.4, 0.5) is 5.69 Å². The predicted octanol–water partition coefficient (Wildman–Crippen LogP) is 3.21. The third-order valence-electron chi connectivity index (χ3n) is 4.87. The van der Waals surface area contributed by atoms with E-state index in [1.807, 2.05) is 47.1 Å². The molecule has 4 rings (SSSR count). The number of hydrogen-bond donors (Lipinski definition) is 0. The number of rotatable bonds is 5. The Labute approximate surface area is 162 Å². The minimum absolute atomic E-state index is 0.0245. The normalized spacial score (nSPS) is 12.8. The maximum Gasteiger partial charge on any atom is 0.237 e. The highest BCUT2D eigenvalue weighted by atomic mass is 32.2. The molecule has 6 nitrogen and oxygen atoms in total. The molecule has 1 aliphatic carbocycles. The Bertz CT molecular complexity index is 953. The maximum atomic E-state index is 12.4. The monoisotopic (exact) mass is 379 g/mol. The van der Waals surface area contributed by atoms with Gasteiger partial charge in [0.05, 0.1) is 11.4 Å². The molecule has 0 spiro atoms. The van der Waals surface area contributed by atoms with Crippen molar-refractivity contribution in [3.05, 3.63) is 59.4 Å². The molecule has 1 amide bonds. The molecule has 0 fully saturated rings. The van der Waals surface area contributed by atoms with Crippen LogP contribution in [0.5, 0.6) is 0 Å². The molecule has 0 bridgehead atoms. The van der Waals surface area contributed by atoms with Crippen LogP contribution in [0.1, 0.15) is 23.4 Å². The van der Waals surface area contributed by atoms with E-state index >= 15 is 0 Å². The molecule has 3 aromatic rings. The summed E-state index contributed by atoms with van der Waals surface area (Å²) in [6.07, 6.45) is 3.33. The second-order valence-corrected chi connectivity index (χ2v) is 7.58. The van der Waals surface area contributed by atoms with E-state index in [-0.39, 0.29) is 5.91 Å². The van der Waals surface area contributed by atoms with Crippen molar-refractivity contribution in [3.8, 4) is 5.82 Å². The standard InChI is InChI=1S/C20H21N5OS/c1-14-16-9-6-10-17(16)23-25(14)18-11-12-19(22-21-18)27-13-20(26)24(2)15-7-4-3-5-8-15/h3-5,7-8,11-12H,6,9-10,13H2,1-2H3. The molecule has 0 saturated carbocycles. The second kappa shape index (κ2) is 7.52. The zero-order valence-electron chi connectivity index (χ0n) is 15.4. The van der Waals surface area contributed by atoms with Crippen LogP contribution in [-0.2, 0) is 17.6 Å². The summed E-state index contributed by atoms with van der Waals surface area (Å²) >= 11 is 1.39. The van der Waals surface area contributed by atoms with Gasteiger partial charge in [-0.3, -0.25) is 4.79 Å². The van der Waals surface area contributed by atoms with E-state index in [1.165, 1.54) is 29.4 Å². The van der Waals surface area contributed by atoms with Crippen LogP contribution < -0.4 is 4.90 Å². The highest BCUT2D eigenvalue weighted by Gasteiger charge is 2.20. The fraction of sp³-hybridized carbons (Fsp3) is 0.300. The van der Waals surface area contributed by atoms with Crippen LogP contribution in [0.15, 0.2) is 47.5 Å². The Morgan fingerprint density at radius 3 is 2.67 bits per heavy atom. The molecule has 0 atom stereocenters. The van der Waals surface area contributed by atoms with Gasteiger partial charge in [-0.2, -0.15) is 5.10 Å². The summed E-state index contributed by atoms with van der Waals surface area (Å²) in [6.45, 7) is 2.08. The average Bonchev–Trinajstić information content (AvgIpc) is 3.30. The van der Waals surface area contributed by atoms with Crippen molar-refractivity contribution in [2.45, 2.75) is 31.2 Å². The van der Waals surface area contributed by atoms with Gasteiger partial charge in [-0.1, -0.05) is 30.0 Å². The number of para-hydroxylation sites is 1. The van der Waals surface area contributed by atoms with Crippen LogP contribution in [0.3, 0.4) is 0 Å². The Morgan fingerprint density at radius 1 is 1.15 bits per heavy atom. The maximum absolute atomic E-state index is 12.4. The molecule has 1 aliphatic rings. The van der Waals surface area contributed by atoms with Gasteiger partial charge in [0.2, 0.25) is 5.91 Å². The quantitative estimate of drug-likeness (QED) is 0.637. The van der Waals surface area contributed by atoms with Crippen molar-refractivity contribution in [2.75, 3.05) is 17.7 Å². The number of fused-ring (bicyclic) bond motifs is 1. The number of aryl methyl sites for hydroxylation is 1. The number of hydrogen-bond acceptors (Lipinski definition) is 5. The van der Waals surface area contributed by atoms with E-state index in [2.05, 4.69) is 22.2 Å². The Morgan fingerprint density at radius 2 is 1.96 bits per heavy atom.